The van der Waals surface area contributed by atoms with Crippen LogP contribution in [0.5, 0.6) is 0 Å². The summed E-state index contributed by atoms with van der Waals surface area (Å²) in [5.74, 6) is 1.91. The van der Waals surface area contributed by atoms with Gasteiger partial charge < -0.3 is 10.2 Å². The van der Waals surface area contributed by atoms with Crippen molar-refractivity contribution < 1.29 is 0 Å². The minimum atomic E-state index is 0.547. The van der Waals surface area contributed by atoms with E-state index in [9.17, 15) is 0 Å². The second-order valence-corrected chi connectivity index (χ2v) is 7.55. The second kappa shape index (κ2) is 8.49. The lowest BCUT2D eigenvalue weighted by Gasteiger charge is -2.31. The van der Waals surface area contributed by atoms with E-state index in [1.807, 2.05) is 0 Å². The lowest BCUT2D eigenvalue weighted by molar-refractivity contribution is 0.182. The number of hydrogen-bond donors (Lipinski definition) is 1. The van der Waals surface area contributed by atoms with Crippen LogP contribution < -0.4 is 10.2 Å². The maximum Gasteiger partial charge on any atom is 0.134 e. The molecule has 2 aromatic rings. The van der Waals surface area contributed by atoms with Crippen LogP contribution in [0.4, 0.5) is 11.6 Å². The monoisotopic (exact) mass is 353 g/mol. The van der Waals surface area contributed by atoms with Gasteiger partial charge in [0.2, 0.25) is 0 Å². The summed E-state index contributed by atoms with van der Waals surface area (Å²) in [5.41, 5.74) is 2.86. The third-order valence-corrected chi connectivity index (χ3v) is 5.11. The molecule has 1 N–H and O–H groups in total. The summed E-state index contributed by atoms with van der Waals surface area (Å²) in [6, 6.07) is 11.9. The van der Waals surface area contributed by atoms with Gasteiger partial charge in [0.05, 0.1) is 0 Å². The van der Waals surface area contributed by atoms with Gasteiger partial charge in [-0.15, -0.1) is 0 Å². The quantitative estimate of drug-likeness (QED) is 0.824. The molecule has 1 aliphatic rings. The van der Waals surface area contributed by atoms with Crippen molar-refractivity contribution >= 4 is 11.6 Å². The zero-order valence-corrected chi connectivity index (χ0v) is 16.4. The first-order valence-electron chi connectivity index (χ1n) is 9.68. The standard InChI is InChI=1S/C21H31N5/c1-16(2)26(17(3)4)12-10-22-20-13-21(24-15-23-20)25-11-9-18-7-5-6-8-19(18)14-25/h5-8,13,15-17H,9-12,14H2,1-4H3,(H,22,23,24). The third kappa shape index (κ3) is 4.52. The fraction of sp³-hybridized carbons (Fsp3) is 0.524. The number of nitrogens with zero attached hydrogens (tertiary/aromatic N) is 4. The Hall–Kier alpha value is -2.14. The molecule has 3 rings (SSSR count). The maximum absolute atomic E-state index is 4.50. The molecule has 1 aliphatic heterocycles. The zero-order chi connectivity index (χ0) is 18.5. The van der Waals surface area contributed by atoms with Crippen LogP contribution in [0.15, 0.2) is 36.7 Å². The Morgan fingerprint density at radius 1 is 1.08 bits per heavy atom. The molecular weight excluding hydrogens is 322 g/mol. The highest BCUT2D eigenvalue weighted by Gasteiger charge is 2.17. The number of benzene rings is 1. The molecule has 5 heteroatoms. The first-order chi connectivity index (χ1) is 12.5. The van der Waals surface area contributed by atoms with Gasteiger partial charge in [-0.3, -0.25) is 4.90 Å². The SMILES string of the molecule is CC(C)N(CCNc1cc(N2CCc3ccccc3C2)ncn1)C(C)C. The van der Waals surface area contributed by atoms with Crippen molar-refractivity contribution in [3.05, 3.63) is 47.8 Å². The molecule has 0 spiro atoms. The van der Waals surface area contributed by atoms with E-state index in [4.69, 9.17) is 0 Å². The Kier molecular flexibility index (Phi) is 6.09. The van der Waals surface area contributed by atoms with Crippen LogP contribution in [0.25, 0.3) is 0 Å². The van der Waals surface area contributed by atoms with Crippen molar-refractivity contribution in [1.29, 1.82) is 0 Å². The molecule has 1 aromatic heterocycles. The molecule has 140 valence electrons. The summed E-state index contributed by atoms with van der Waals surface area (Å²) >= 11 is 0. The van der Waals surface area contributed by atoms with Crippen molar-refractivity contribution in [2.75, 3.05) is 29.9 Å². The molecule has 0 unspecified atom stereocenters. The first-order valence-corrected chi connectivity index (χ1v) is 9.68. The first kappa shape index (κ1) is 18.6. The Labute approximate surface area is 157 Å². The highest BCUT2D eigenvalue weighted by atomic mass is 15.2. The maximum atomic E-state index is 4.50. The molecule has 0 bridgehead atoms. The van der Waals surface area contributed by atoms with Crippen molar-refractivity contribution in [3.8, 4) is 0 Å². The van der Waals surface area contributed by atoms with Crippen LogP contribution in [0.1, 0.15) is 38.8 Å². The zero-order valence-electron chi connectivity index (χ0n) is 16.4. The number of rotatable bonds is 7. The summed E-state index contributed by atoms with van der Waals surface area (Å²) in [7, 11) is 0. The van der Waals surface area contributed by atoms with Gasteiger partial charge in [-0.2, -0.15) is 0 Å². The lowest BCUT2D eigenvalue weighted by atomic mass is 10.00. The molecule has 0 saturated carbocycles. The largest absolute Gasteiger partial charge is 0.369 e. The van der Waals surface area contributed by atoms with Gasteiger partial charge >= 0.3 is 0 Å². The fourth-order valence-electron chi connectivity index (χ4n) is 3.73. The lowest BCUT2D eigenvalue weighted by Crippen LogP contribution is -2.40. The van der Waals surface area contributed by atoms with Crippen LogP contribution in [0.3, 0.4) is 0 Å². The summed E-state index contributed by atoms with van der Waals surface area (Å²) in [4.78, 5) is 13.7. The number of hydrogen-bond acceptors (Lipinski definition) is 5. The molecule has 26 heavy (non-hydrogen) atoms. The topological polar surface area (TPSA) is 44.3 Å². The molecule has 1 aromatic carbocycles. The van der Waals surface area contributed by atoms with Gasteiger partial charge in [0, 0.05) is 44.3 Å². The van der Waals surface area contributed by atoms with Crippen molar-refractivity contribution in [3.63, 3.8) is 0 Å². The number of aromatic nitrogens is 2. The van der Waals surface area contributed by atoms with Crippen LogP contribution in [0, 0.1) is 0 Å². The molecule has 0 aliphatic carbocycles. The van der Waals surface area contributed by atoms with E-state index in [1.165, 1.54) is 11.1 Å². The van der Waals surface area contributed by atoms with Gasteiger partial charge in [-0.1, -0.05) is 24.3 Å². The Balaban J connectivity index is 1.60. The molecule has 0 saturated heterocycles. The number of nitrogens with one attached hydrogen (secondary N) is 1. The van der Waals surface area contributed by atoms with E-state index in [0.29, 0.717) is 12.1 Å². The van der Waals surface area contributed by atoms with Gasteiger partial charge in [-0.25, -0.2) is 9.97 Å². The molecule has 0 amide bonds. The van der Waals surface area contributed by atoms with Gasteiger partial charge in [0.15, 0.2) is 0 Å². The van der Waals surface area contributed by atoms with Crippen molar-refractivity contribution in [1.82, 2.24) is 14.9 Å². The van der Waals surface area contributed by atoms with E-state index in [0.717, 1.165) is 44.2 Å². The van der Waals surface area contributed by atoms with E-state index in [2.05, 4.69) is 83.1 Å². The predicted molar refractivity (Wildman–Crippen MR) is 109 cm³/mol. The molecule has 5 nitrogen and oxygen atoms in total. The highest BCUT2D eigenvalue weighted by Crippen LogP contribution is 2.23. The van der Waals surface area contributed by atoms with E-state index in [-0.39, 0.29) is 0 Å². The second-order valence-electron chi connectivity index (χ2n) is 7.55. The van der Waals surface area contributed by atoms with Crippen LogP contribution >= 0.6 is 0 Å². The molecule has 0 fully saturated rings. The fourth-order valence-corrected chi connectivity index (χ4v) is 3.73. The minimum absolute atomic E-state index is 0.547. The molecule has 0 atom stereocenters. The summed E-state index contributed by atoms with van der Waals surface area (Å²) in [6.07, 6.45) is 2.74. The Morgan fingerprint density at radius 3 is 2.54 bits per heavy atom. The van der Waals surface area contributed by atoms with E-state index in [1.54, 1.807) is 6.33 Å². The normalized spacial score (nSPS) is 14.2. The Morgan fingerprint density at radius 2 is 1.81 bits per heavy atom. The number of anilines is 2. The summed E-state index contributed by atoms with van der Waals surface area (Å²) in [6.45, 7) is 12.8. The predicted octanol–water partition coefficient (Wildman–Crippen LogP) is 3.57. The van der Waals surface area contributed by atoms with E-state index < -0.39 is 0 Å². The average molecular weight is 354 g/mol. The summed E-state index contributed by atoms with van der Waals surface area (Å²) < 4.78 is 0. The molecule has 2 heterocycles. The minimum Gasteiger partial charge on any atom is -0.369 e. The third-order valence-electron chi connectivity index (χ3n) is 5.11. The van der Waals surface area contributed by atoms with Crippen LogP contribution in [0.2, 0.25) is 0 Å². The smallest absolute Gasteiger partial charge is 0.134 e. The van der Waals surface area contributed by atoms with Crippen molar-refractivity contribution in [2.45, 2.75) is 52.7 Å². The summed E-state index contributed by atoms with van der Waals surface area (Å²) in [5, 5.41) is 3.46. The number of fused-ring (bicyclic) bond motifs is 1. The van der Waals surface area contributed by atoms with Crippen LogP contribution in [-0.2, 0) is 13.0 Å². The van der Waals surface area contributed by atoms with Crippen molar-refractivity contribution in [2.24, 2.45) is 0 Å². The van der Waals surface area contributed by atoms with Gasteiger partial charge in [0.1, 0.15) is 18.0 Å². The van der Waals surface area contributed by atoms with Crippen LogP contribution in [-0.4, -0.2) is 46.6 Å². The van der Waals surface area contributed by atoms with Gasteiger partial charge in [0.25, 0.3) is 0 Å². The van der Waals surface area contributed by atoms with E-state index >= 15 is 0 Å². The highest BCUT2D eigenvalue weighted by molar-refractivity contribution is 5.50. The Bertz CT molecular complexity index is 705. The molecule has 0 radical (unpaired) electrons. The average Bonchev–Trinajstić information content (AvgIpc) is 2.64. The molecular formula is C21H31N5. The van der Waals surface area contributed by atoms with Gasteiger partial charge in [-0.05, 0) is 45.2 Å².